The largest absolute Gasteiger partial charge is 0.485 e. The van der Waals surface area contributed by atoms with E-state index in [0.29, 0.717) is 22.2 Å². The molecule has 4 nitrogen and oxygen atoms in total. The fourth-order valence-corrected chi connectivity index (χ4v) is 2.37. The highest BCUT2D eigenvalue weighted by Crippen LogP contribution is 2.31. The van der Waals surface area contributed by atoms with Crippen molar-refractivity contribution >= 4 is 23.2 Å². The zero-order valence-corrected chi connectivity index (χ0v) is 12.2. The lowest BCUT2D eigenvalue weighted by molar-refractivity contribution is -0.125. The summed E-state index contributed by atoms with van der Waals surface area (Å²) in [6, 6.07) is 12.7. The van der Waals surface area contributed by atoms with Gasteiger partial charge >= 0.3 is 0 Å². The normalized spacial score (nSPS) is 16.4. The molecular weight excluding hydrogens is 290 g/mol. The number of carbonyl (C=O) groups excluding carboxylic acids is 1. The zero-order chi connectivity index (χ0) is 14.8. The molecule has 1 aliphatic rings. The van der Waals surface area contributed by atoms with Gasteiger partial charge in [-0.2, -0.15) is 0 Å². The highest BCUT2D eigenvalue weighted by atomic mass is 35.5. The van der Waals surface area contributed by atoms with Crippen molar-refractivity contribution in [2.45, 2.75) is 13.0 Å². The summed E-state index contributed by atoms with van der Waals surface area (Å²) in [6.07, 6.45) is -0.697. The van der Waals surface area contributed by atoms with E-state index >= 15 is 0 Å². The Morgan fingerprint density at radius 2 is 2.00 bits per heavy atom. The maximum absolute atomic E-state index is 12.2. The summed E-state index contributed by atoms with van der Waals surface area (Å²) in [6.45, 7) is 2.11. The molecule has 0 bridgehead atoms. The van der Waals surface area contributed by atoms with Crippen LogP contribution in [0.2, 0.25) is 5.02 Å². The molecule has 5 heteroatoms. The second-order valence-electron chi connectivity index (χ2n) is 4.84. The molecule has 21 heavy (non-hydrogen) atoms. The minimum atomic E-state index is -0.697. The first-order valence-electron chi connectivity index (χ1n) is 6.59. The number of benzene rings is 2. The Balaban J connectivity index is 1.72. The summed E-state index contributed by atoms with van der Waals surface area (Å²) in [4.78, 5) is 12.2. The molecule has 1 atom stereocenters. The van der Waals surface area contributed by atoms with Gasteiger partial charge < -0.3 is 14.8 Å². The van der Waals surface area contributed by atoms with Crippen LogP contribution in [0.3, 0.4) is 0 Å². The summed E-state index contributed by atoms with van der Waals surface area (Å²) < 4.78 is 11.2. The first-order chi connectivity index (χ1) is 10.1. The van der Waals surface area contributed by atoms with Gasteiger partial charge in [-0.05, 0) is 36.8 Å². The number of aryl methyl sites for hydroxylation is 1. The number of amides is 1. The number of carbonyl (C=O) groups is 1. The number of halogens is 1. The number of anilines is 1. The van der Waals surface area contributed by atoms with Crippen LogP contribution in [0.25, 0.3) is 0 Å². The lowest BCUT2D eigenvalue weighted by atomic mass is 10.2. The van der Waals surface area contributed by atoms with Gasteiger partial charge in [0.25, 0.3) is 5.91 Å². The van der Waals surface area contributed by atoms with Crippen molar-refractivity contribution in [1.82, 2.24) is 0 Å². The Labute approximate surface area is 127 Å². The van der Waals surface area contributed by atoms with Crippen molar-refractivity contribution in [3.05, 3.63) is 53.1 Å². The highest BCUT2D eigenvalue weighted by molar-refractivity contribution is 6.33. The van der Waals surface area contributed by atoms with E-state index in [9.17, 15) is 4.79 Å². The molecule has 0 radical (unpaired) electrons. The summed E-state index contributed by atoms with van der Waals surface area (Å²) in [5.41, 5.74) is 1.60. The summed E-state index contributed by atoms with van der Waals surface area (Å²) in [5, 5.41) is 3.26. The van der Waals surface area contributed by atoms with E-state index in [0.717, 1.165) is 5.56 Å². The quantitative estimate of drug-likeness (QED) is 0.924. The number of hydrogen-bond donors (Lipinski definition) is 1. The highest BCUT2D eigenvalue weighted by Gasteiger charge is 2.27. The van der Waals surface area contributed by atoms with Crippen LogP contribution in [0.4, 0.5) is 5.69 Å². The Morgan fingerprint density at radius 3 is 2.76 bits per heavy atom. The van der Waals surface area contributed by atoms with Crippen LogP contribution < -0.4 is 14.8 Å². The molecule has 1 heterocycles. The lowest BCUT2D eigenvalue weighted by Crippen LogP contribution is -2.40. The molecule has 3 rings (SSSR count). The van der Waals surface area contributed by atoms with Gasteiger partial charge in [-0.3, -0.25) is 4.79 Å². The topological polar surface area (TPSA) is 47.6 Å². The van der Waals surface area contributed by atoms with Gasteiger partial charge in [-0.15, -0.1) is 0 Å². The molecule has 1 amide bonds. The van der Waals surface area contributed by atoms with Gasteiger partial charge in [0.15, 0.2) is 11.5 Å². The number of rotatable bonds is 2. The van der Waals surface area contributed by atoms with Crippen LogP contribution in [0, 0.1) is 6.92 Å². The maximum Gasteiger partial charge on any atom is 0.269 e. The first kappa shape index (κ1) is 13.8. The molecule has 0 aromatic heterocycles. The van der Waals surface area contributed by atoms with E-state index in [1.54, 1.807) is 24.3 Å². The van der Waals surface area contributed by atoms with Crippen LogP contribution in [0.1, 0.15) is 5.56 Å². The molecule has 0 fully saturated rings. The van der Waals surface area contributed by atoms with Crippen molar-refractivity contribution in [1.29, 1.82) is 0 Å². The Bertz CT molecular complexity index is 687. The van der Waals surface area contributed by atoms with E-state index < -0.39 is 6.10 Å². The second-order valence-corrected chi connectivity index (χ2v) is 5.24. The third kappa shape index (κ3) is 2.95. The van der Waals surface area contributed by atoms with E-state index in [1.807, 2.05) is 25.1 Å². The predicted octanol–water partition coefficient (Wildman–Crippen LogP) is 3.43. The third-order valence-electron chi connectivity index (χ3n) is 3.18. The Kier molecular flexibility index (Phi) is 3.71. The maximum atomic E-state index is 12.2. The van der Waals surface area contributed by atoms with Crippen molar-refractivity contribution in [2.24, 2.45) is 0 Å². The average molecular weight is 304 g/mol. The van der Waals surface area contributed by atoms with Crippen molar-refractivity contribution in [2.75, 3.05) is 11.9 Å². The first-order valence-corrected chi connectivity index (χ1v) is 6.97. The van der Waals surface area contributed by atoms with Crippen LogP contribution in [0.15, 0.2) is 42.5 Å². The van der Waals surface area contributed by atoms with Crippen LogP contribution in [0.5, 0.6) is 11.5 Å². The fourth-order valence-electron chi connectivity index (χ4n) is 2.08. The second kappa shape index (κ2) is 5.66. The van der Waals surface area contributed by atoms with Crippen LogP contribution in [-0.4, -0.2) is 18.6 Å². The molecule has 0 saturated heterocycles. The number of fused-ring (bicyclic) bond motifs is 1. The van der Waals surface area contributed by atoms with Crippen LogP contribution >= 0.6 is 11.6 Å². The smallest absolute Gasteiger partial charge is 0.269 e. The molecule has 108 valence electrons. The molecular formula is C16H14ClNO3. The fraction of sp³-hybridized carbons (Fsp3) is 0.188. The monoisotopic (exact) mass is 303 g/mol. The average Bonchev–Trinajstić information content (AvgIpc) is 2.49. The summed E-state index contributed by atoms with van der Waals surface area (Å²) in [7, 11) is 0. The minimum Gasteiger partial charge on any atom is -0.485 e. The molecule has 0 unspecified atom stereocenters. The van der Waals surface area contributed by atoms with Crippen LogP contribution in [-0.2, 0) is 4.79 Å². The molecule has 2 aromatic rings. The summed E-state index contributed by atoms with van der Waals surface area (Å²) in [5.74, 6) is 0.934. The molecule has 0 saturated carbocycles. The molecule has 0 spiro atoms. The molecule has 1 aliphatic heterocycles. The Hall–Kier alpha value is -2.20. The number of para-hydroxylation sites is 2. The van der Waals surface area contributed by atoms with Crippen molar-refractivity contribution in [3.8, 4) is 11.5 Å². The van der Waals surface area contributed by atoms with Crippen molar-refractivity contribution < 1.29 is 14.3 Å². The van der Waals surface area contributed by atoms with E-state index in [1.165, 1.54) is 0 Å². The van der Waals surface area contributed by atoms with Gasteiger partial charge in [0.1, 0.15) is 6.61 Å². The number of ether oxygens (including phenoxy) is 2. The third-order valence-corrected chi connectivity index (χ3v) is 3.50. The number of nitrogens with one attached hydrogen (secondary N) is 1. The minimum absolute atomic E-state index is 0.173. The molecule has 0 aliphatic carbocycles. The number of hydrogen-bond acceptors (Lipinski definition) is 3. The van der Waals surface area contributed by atoms with Crippen molar-refractivity contribution in [3.63, 3.8) is 0 Å². The summed E-state index contributed by atoms with van der Waals surface area (Å²) >= 11 is 6.11. The zero-order valence-electron chi connectivity index (χ0n) is 11.4. The van der Waals surface area contributed by atoms with E-state index in [2.05, 4.69) is 5.32 Å². The lowest BCUT2D eigenvalue weighted by Gasteiger charge is -2.25. The van der Waals surface area contributed by atoms with Gasteiger partial charge in [0, 0.05) is 0 Å². The Morgan fingerprint density at radius 1 is 1.24 bits per heavy atom. The van der Waals surface area contributed by atoms with E-state index in [-0.39, 0.29) is 12.5 Å². The standard InChI is InChI=1S/C16H14ClNO3/c1-10-6-7-12(11(17)8-10)18-16(19)15-9-20-13-4-2-3-5-14(13)21-15/h2-8,15H,9H2,1H3,(H,18,19)/t15-/m1/s1. The van der Waals surface area contributed by atoms with Gasteiger partial charge in [0.05, 0.1) is 10.7 Å². The predicted molar refractivity (Wildman–Crippen MR) is 81.2 cm³/mol. The van der Waals surface area contributed by atoms with Gasteiger partial charge in [-0.1, -0.05) is 29.8 Å². The van der Waals surface area contributed by atoms with Gasteiger partial charge in [0.2, 0.25) is 6.10 Å². The van der Waals surface area contributed by atoms with E-state index in [4.69, 9.17) is 21.1 Å². The van der Waals surface area contributed by atoms with Gasteiger partial charge in [-0.25, -0.2) is 0 Å². The molecule has 1 N–H and O–H groups in total. The SMILES string of the molecule is Cc1ccc(NC(=O)[C@H]2COc3ccccc3O2)c(Cl)c1. The molecule has 2 aromatic carbocycles.